The second-order valence-electron chi connectivity index (χ2n) is 3.50. The van der Waals surface area contributed by atoms with Crippen molar-refractivity contribution in [2.45, 2.75) is 33.2 Å². The monoisotopic (exact) mass is 265 g/mol. The Morgan fingerprint density at radius 3 is 2.44 bits per heavy atom. The van der Waals surface area contributed by atoms with Crippen LogP contribution in [0.15, 0.2) is 4.99 Å². The van der Waals surface area contributed by atoms with Crippen molar-refractivity contribution in [2.75, 3.05) is 25.1 Å². The summed E-state index contributed by atoms with van der Waals surface area (Å²) >= 11 is 1.67. The molecule has 0 aromatic rings. The number of aliphatic imine (C=N–C) groups is 1. The molecule has 0 aromatic heterocycles. The van der Waals surface area contributed by atoms with E-state index in [2.05, 4.69) is 11.9 Å². The highest BCUT2D eigenvalue weighted by Gasteiger charge is 2.29. The standard InChI is InChI=1S/C10H20NO3PS/c1-4-9-8-16-10(11-9)7-15(12,13-5-2)14-6-3/h9H,4-8H2,1-3H3/t9-/m1/s1. The molecule has 0 saturated carbocycles. The summed E-state index contributed by atoms with van der Waals surface area (Å²) in [5, 5.41) is 0.914. The average Bonchev–Trinajstić information content (AvgIpc) is 2.65. The van der Waals surface area contributed by atoms with Gasteiger partial charge in [-0.15, -0.1) is 11.8 Å². The molecule has 0 unspecified atom stereocenters. The van der Waals surface area contributed by atoms with Crippen LogP contribution in [0.2, 0.25) is 0 Å². The lowest BCUT2D eigenvalue weighted by molar-refractivity contribution is 0.223. The van der Waals surface area contributed by atoms with Crippen LogP contribution < -0.4 is 0 Å². The van der Waals surface area contributed by atoms with E-state index in [4.69, 9.17) is 9.05 Å². The molecule has 0 fully saturated rings. The zero-order chi connectivity index (χ0) is 12.0. The molecule has 0 amide bonds. The number of hydrogen-bond donors (Lipinski definition) is 0. The summed E-state index contributed by atoms with van der Waals surface area (Å²) in [5.74, 6) is 0.990. The van der Waals surface area contributed by atoms with Crippen molar-refractivity contribution >= 4 is 24.4 Å². The molecule has 1 aliphatic rings. The highest BCUT2D eigenvalue weighted by atomic mass is 32.2. The SMILES string of the molecule is CCOP(=O)(CC1=N[C@H](CC)CS1)OCC. The van der Waals surface area contributed by atoms with Crippen LogP contribution in [0.25, 0.3) is 0 Å². The Hall–Kier alpha value is 0.170. The van der Waals surface area contributed by atoms with Crippen LogP contribution in [0.1, 0.15) is 27.2 Å². The molecule has 16 heavy (non-hydrogen) atoms. The van der Waals surface area contributed by atoms with Gasteiger partial charge in [0.15, 0.2) is 0 Å². The van der Waals surface area contributed by atoms with Crippen molar-refractivity contribution in [1.82, 2.24) is 0 Å². The number of nitrogens with zero attached hydrogens (tertiary/aromatic N) is 1. The minimum absolute atomic E-state index is 0.329. The lowest BCUT2D eigenvalue weighted by Gasteiger charge is -2.16. The van der Waals surface area contributed by atoms with Gasteiger partial charge in [-0.25, -0.2) is 0 Å². The molecule has 0 N–H and O–H groups in total. The van der Waals surface area contributed by atoms with Crippen LogP contribution in [0.4, 0.5) is 0 Å². The van der Waals surface area contributed by atoms with E-state index in [1.54, 1.807) is 11.8 Å². The Morgan fingerprint density at radius 2 is 2.00 bits per heavy atom. The van der Waals surface area contributed by atoms with Crippen molar-refractivity contribution in [2.24, 2.45) is 4.99 Å². The fourth-order valence-corrected chi connectivity index (χ4v) is 4.67. The topological polar surface area (TPSA) is 47.9 Å². The molecule has 94 valence electrons. The molecule has 0 saturated heterocycles. The summed E-state index contributed by atoms with van der Waals surface area (Å²) in [4.78, 5) is 4.50. The van der Waals surface area contributed by atoms with Crippen LogP contribution in [-0.2, 0) is 13.6 Å². The van der Waals surface area contributed by atoms with E-state index >= 15 is 0 Å². The number of thioether (sulfide) groups is 1. The molecule has 6 heteroatoms. The first-order valence-electron chi connectivity index (χ1n) is 5.71. The van der Waals surface area contributed by atoms with Crippen molar-refractivity contribution in [3.63, 3.8) is 0 Å². The second-order valence-corrected chi connectivity index (χ2v) is 6.65. The van der Waals surface area contributed by atoms with E-state index in [1.807, 2.05) is 13.8 Å². The molecule has 1 aliphatic heterocycles. The summed E-state index contributed by atoms with van der Waals surface area (Å²) < 4.78 is 22.7. The maximum atomic E-state index is 12.2. The van der Waals surface area contributed by atoms with Crippen molar-refractivity contribution in [3.05, 3.63) is 0 Å². The number of rotatable bonds is 7. The summed E-state index contributed by atoms with van der Waals surface area (Å²) in [6, 6.07) is 0.372. The Kier molecular flexibility index (Phi) is 6.05. The van der Waals surface area contributed by atoms with Crippen molar-refractivity contribution in [1.29, 1.82) is 0 Å². The lowest BCUT2D eigenvalue weighted by atomic mass is 10.3. The predicted octanol–water partition coefficient (Wildman–Crippen LogP) is 3.18. The van der Waals surface area contributed by atoms with Gasteiger partial charge >= 0.3 is 7.60 Å². The minimum atomic E-state index is -2.96. The van der Waals surface area contributed by atoms with Gasteiger partial charge < -0.3 is 9.05 Å². The Labute approximate surface area is 102 Å². The summed E-state index contributed by atoms with van der Waals surface area (Å²) in [7, 11) is -2.96. The van der Waals surface area contributed by atoms with E-state index in [-0.39, 0.29) is 0 Å². The molecule has 4 nitrogen and oxygen atoms in total. The number of hydrogen-bond acceptors (Lipinski definition) is 5. The van der Waals surface area contributed by atoms with E-state index in [0.29, 0.717) is 25.4 Å². The van der Waals surface area contributed by atoms with Gasteiger partial charge in [0, 0.05) is 5.75 Å². The van der Waals surface area contributed by atoms with Crippen LogP contribution in [0.5, 0.6) is 0 Å². The molecule has 1 atom stereocenters. The van der Waals surface area contributed by atoms with Gasteiger partial charge in [-0.1, -0.05) is 6.92 Å². The van der Waals surface area contributed by atoms with Gasteiger partial charge in [-0.3, -0.25) is 9.56 Å². The van der Waals surface area contributed by atoms with E-state index in [9.17, 15) is 4.57 Å². The first-order chi connectivity index (χ1) is 7.63. The van der Waals surface area contributed by atoms with Crippen LogP contribution in [0.3, 0.4) is 0 Å². The van der Waals surface area contributed by atoms with Gasteiger partial charge in [-0.05, 0) is 20.3 Å². The summed E-state index contributed by atoms with van der Waals surface area (Å²) in [5.41, 5.74) is 0. The van der Waals surface area contributed by atoms with Gasteiger partial charge in [0.05, 0.1) is 30.5 Å². The Bertz CT molecular complexity index is 286. The van der Waals surface area contributed by atoms with Crippen LogP contribution in [-0.4, -0.2) is 36.2 Å². The van der Waals surface area contributed by atoms with E-state index in [1.165, 1.54) is 0 Å². The lowest BCUT2D eigenvalue weighted by Crippen LogP contribution is -2.06. The molecule has 0 aromatic carbocycles. The Balaban J connectivity index is 2.59. The smallest absolute Gasteiger partial charge is 0.309 e. The van der Waals surface area contributed by atoms with Crippen LogP contribution in [0, 0.1) is 0 Å². The zero-order valence-corrected chi connectivity index (χ0v) is 11.9. The molecule has 1 rings (SSSR count). The first-order valence-corrected chi connectivity index (χ1v) is 8.42. The third-order valence-electron chi connectivity index (χ3n) is 2.22. The third-order valence-corrected chi connectivity index (χ3v) is 5.56. The molecular weight excluding hydrogens is 245 g/mol. The van der Waals surface area contributed by atoms with E-state index < -0.39 is 7.60 Å². The second kappa shape index (κ2) is 6.80. The van der Waals surface area contributed by atoms with Gasteiger partial charge in [0.2, 0.25) is 0 Å². The summed E-state index contributed by atoms with van der Waals surface area (Å²) in [6.45, 7) is 6.58. The largest absolute Gasteiger partial charge is 0.337 e. The third kappa shape index (κ3) is 4.21. The predicted molar refractivity (Wildman–Crippen MR) is 69.7 cm³/mol. The molecular formula is C10H20NO3PS. The highest BCUT2D eigenvalue weighted by molar-refractivity contribution is 8.14. The quantitative estimate of drug-likeness (QED) is 0.663. The maximum Gasteiger partial charge on any atom is 0.337 e. The zero-order valence-electron chi connectivity index (χ0n) is 10.1. The molecule has 0 bridgehead atoms. The molecule has 1 heterocycles. The molecule has 0 spiro atoms. The maximum absolute atomic E-state index is 12.2. The average molecular weight is 265 g/mol. The fraction of sp³-hybridized carbons (Fsp3) is 0.900. The van der Waals surface area contributed by atoms with Crippen molar-refractivity contribution in [3.8, 4) is 0 Å². The molecule has 0 radical (unpaired) electrons. The highest BCUT2D eigenvalue weighted by Crippen LogP contribution is 2.49. The summed E-state index contributed by atoms with van der Waals surface area (Å²) in [6.07, 6.45) is 1.36. The normalized spacial score (nSPS) is 21.2. The van der Waals surface area contributed by atoms with Gasteiger partial charge in [0.25, 0.3) is 0 Å². The van der Waals surface area contributed by atoms with Gasteiger partial charge in [-0.2, -0.15) is 0 Å². The van der Waals surface area contributed by atoms with Crippen molar-refractivity contribution < 1.29 is 13.6 Å². The minimum Gasteiger partial charge on any atom is -0.309 e. The first kappa shape index (κ1) is 14.2. The van der Waals surface area contributed by atoms with Crippen LogP contribution >= 0.6 is 19.4 Å². The van der Waals surface area contributed by atoms with E-state index in [0.717, 1.165) is 17.2 Å². The molecule has 0 aliphatic carbocycles. The van der Waals surface area contributed by atoms with Gasteiger partial charge in [0.1, 0.15) is 0 Å². The Morgan fingerprint density at radius 1 is 1.38 bits per heavy atom. The fourth-order valence-electron chi connectivity index (χ4n) is 1.45.